The monoisotopic (exact) mass is 1150 g/mol. The molecule has 0 saturated heterocycles. The zero-order chi connectivity index (χ0) is 59.9. The van der Waals surface area contributed by atoms with Gasteiger partial charge in [0.05, 0.1) is 0 Å². The molecule has 6 nitrogen and oxygen atoms in total. The van der Waals surface area contributed by atoms with Gasteiger partial charge in [-0.2, -0.15) is 0 Å². The van der Waals surface area contributed by atoms with E-state index in [0.717, 1.165) is 135 Å². The molecule has 0 spiro atoms. The van der Waals surface area contributed by atoms with Crippen molar-refractivity contribution in [2.45, 2.75) is 348 Å². The van der Waals surface area contributed by atoms with Crippen LogP contribution in [0.15, 0.2) is 109 Å². The van der Waals surface area contributed by atoms with Gasteiger partial charge < -0.3 is 14.2 Å². The number of unbranched alkanes of at least 4 members (excludes halogenated alkanes) is 35. The van der Waals surface area contributed by atoms with Crippen LogP contribution in [0.5, 0.6) is 0 Å². The Morgan fingerprint density at radius 1 is 0.253 bits per heavy atom. The highest BCUT2D eigenvalue weighted by molar-refractivity contribution is 5.71. The van der Waals surface area contributed by atoms with Crippen LogP contribution < -0.4 is 0 Å². The maximum Gasteiger partial charge on any atom is 0.306 e. The minimum atomic E-state index is -0.799. The molecule has 0 aliphatic heterocycles. The van der Waals surface area contributed by atoms with Crippen LogP contribution in [-0.4, -0.2) is 37.2 Å². The molecule has 0 N–H and O–H groups in total. The molecule has 1 unspecified atom stereocenters. The van der Waals surface area contributed by atoms with Gasteiger partial charge in [-0.1, -0.05) is 329 Å². The Bertz CT molecular complexity index is 1660. The third-order valence-corrected chi connectivity index (χ3v) is 15.3. The van der Waals surface area contributed by atoms with E-state index in [1.54, 1.807) is 0 Å². The molecule has 83 heavy (non-hydrogen) atoms. The van der Waals surface area contributed by atoms with Crippen molar-refractivity contribution >= 4 is 17.9 Å². The Labute approximate surface area is 514 Å². The average molecular weight is 1150 g/mol. The fourth-order valence-electron chi connectivity index (χ4n) is 10.1. The summed E-state index contributed by atoms with van der Waals surface area (Å²) in [6.45, 7) is 6.43. The maximum absolute atomic E-state index is 13.0. The van der Waals surface area contributed by atoms with Gasteiger partial charge in [-0.25, -0.2) is 0 Å². The molecule has 6 heteroatoms. The molecule has 0 aliphatic carbocycles. The molecule has 1 atom stereocenters. The molecule has 0 amide bonds. The molecule has 0 radical (unpaired) electrons. The summed E-state index contributed by atoms with van der Waals surface area (Å²) in [6, 6.07) is 0. The second kappa shape index (κ2) is 70.6. The van der Waals surface area contributed by atoms with Crippen molar-refractivity contribution in [3.05, 3.63) is 109 Å². The maximum atomic E-state index is 13.0. The first-order valence-corrected chi connectivity index (χ1v) is 35.4. The van der Waals surface area contributed by atoms with Gasteiger partial charge in [-0.05, 0) is 103 Å². The lowest BCUT2D eigenvalue weighted by atomic mass is 10.0. The predicted molar refractivity (Wildman–Crippen MR) is 362 cm³/mol. The van der Waals surface area contributed by atoms with E-state index in [1.807, 2.05) is 0 Å². The summed E-state index contributed by atoms with van der Waals surface area (Å²) in [4.78, 5) is 38.5. The highest BCUT2D eigenvalue weighted by Gasteiger charge is 2.19. The summed E-state index contributed by atoms with van der Waals surface area (Å²) in [6.07, 6.45) is 96.9. The van der Waals surface area contributed by atoms with Crippen molar-refractivity contribution in [2.24, 2.45) is 0 Å². The van der Waals surface area contributed by atoms with Gasteiger partial charge in [-0.15, -0.1) is 0 Å². The highest BCUT2D eigenvalue weighted by atomic mass is 16.6. The Hall–Kier alpha value is -3.93. The molecular weight excluding hydrogens is 1020 g/mol. The predicted octanol–water partition coefficient (Wildman–Crippen LogP) is 24.6. The zero-order valence-corrected chi connectivity index (χ0v) is 54.7. The summed E-state index contributed by atoms with van der Waals surface area (Å²) in [5, 5.41) is 0. The highest BCUT2D eigenvalue weighted by Crippen LogP contribution is 2.18. The van der Waals surface area contributed by atoms with Gasteiger partial charge in [0.15, 0.2) is 6.10 Å². The van der Waals surface area contributed by atoms with Crippen LogP contribution in [0.2, 0.25) is 0 Å². The van der Waals surface area contributed by atoms with Gasteiger partial charge in [0.2, 0.25) is 0 Å². The van der Waals surface area contributed by atoms with Crippen molar-refractivity contribution in [2.75, 3.05) is 13.2 Å². The molecule has 476 valence electrons. The first-order valence-electron chi connectivity index (χ1n) is 35.4. The lowest BCUT2D eigenvalue weighted by Gasteiger charge is -2.18. The quantitative estimate of drug-likeness (QED) is 0.0261. The summed E-state index contributed by atoms with van der Waals surface area (Å²) in [5.74, 6) is -0.911. The van der Waals surface area contributed by atoms with Crippen LogP contribution in [0.3, 0.4) is 0 Å². The number of hydrogen-bond acceptors (Lipinski definition) is 6. The van der Waals surface area contributed by atoms with Crippen molar-refractivity contribution in [1.29, 1.82) is 0 Å². The number of carbonyl (C=O) groups is 3. The normalized spacial score (nSPS) is 12.8. The topological polar surface area (TPSA) is 78.9 Å². The third kappa shape index (κ3) is 68.7. The summed E-state index contributed by atoms with van der Waals surface area (Å²) < 4.78 is 17.0. The Kier molecular flexibility index (Phi) is 67.2. The number of carbonyl (C=O) groups excluding carboxylic acids is 3. The van der Waals surface area contributed by atoms with E-state index in [9.17, 15) is 14.4 Å². The van der Waals surface area contributed by atoms with E-state index in [1.165, 1.54) is 167 Å². The zero-order valence-electron chi connectivity index (χ0n) is 54.7. The molecule has 0 saturated carbocycles. The van der Waals surface area contributed by atoms with E-state index in [0.29, 0.717) is 19.3 Å². The van der Waals surface area contributed by atoms with Crippen LogP contribution in [0.1, 0.15) is 342 Å². The van der Waals surface area contributed by atoms with Crippen molar-refractivity contribution in [1.82, 2.24) is 0 Å². The van der Waals surface area contributed by atoms with Gasteiger partial charge in [0, 0.05) is 19.3 Å². The van der Waals surface area contributed by atoms with Crippen LogP contribution in [-0.2, 0) is 28.6 Å². The Balaban J connectivity index is 4.39. The summed E-state index contributed by atoms with van der Waals surface area (Å²) in [7, 11) is 0. The number of hydrogen-bond donors (Lipinski definition) is 0. The molecular formula is C77H132O6. The van der Waals surface area contributed by atoms with Crippen LogP contribution in [0, 0.1) is 0 Å². The lowest BCUT2D eigenvalue weighted by Crippen LogP contribution is -2.30. The fourth-order valence-corrected chi connectivity index (χ4v) is 10.1. The summed E-state index contributed by atoms with van der Waals surface area (Å²) >= 11 is 0. The van der Waals surface area contributed by atoms with Crippen molar-refractivity contribution < 1.29 is 28.6 Å². The molecule has 0 fully saturated rings. The molecule has 0 aromatic heterocycles. The second-order valence-corrected chi connectivity index (χ2v) is 23.4. The van der Waals surface area contributed by atoms with Gasteiger partial charge in [0.1, 0.15) is 13.2 Å². The second-order valence-electron chi connectivity index (χ2n) is 23.4. The minimum absolute atomic E-state index is 0.0902. The SMILES string of the molecule is CC/C=C\C/C=C\C/C=C\C/C=C\C/C=C\C/C=C\CCCCCCC(=O)OC(COC(=O)CCCCCCCCC/C=C\C/C=C\C/C=C\CC)COC(=O)CCCCCCCCCCCCCCCCCCCCCCCCCCC. The molecule has 0 rings (SSSR count). The molecule has 0 aromatic rings. The number of esters is 3. The first-order chi connectivity index (χ1) is 41.0. The largest absolute Gasteiger partial charge is 0.462 e. The molecule has 0 aromatic carbocycles. The van der Waals surface area contributed by atoms with Crippen LogP contribution in [0.25, 0.3) is 0 Å². The van der Waals surface area contributed by atoms with E-state index < -0.39 is 6.10 Å². The molecule has 0 bridgehead atoms. The first kappa shape index (κ1) is 79.1. The summed E-state index contributed by atoms with van der Waals surface area (Å²) in [5.41, 5.74) is 0. The van der Waals surface area contributed by atoms with Gasteiger partial charge in [0.25, 0.3) is 0 Å². The minimum Gasteiger partial charge on any atom is -0.462 e. The smallest absolute Gasteiger partial charge is 0.306 e. The van der Waals surface area contributed by atoms with E-state index in [2.05, 4.69) is 130 Å². The van der Waals surface area contributed by atoms with Crippen LogP contribution >= 0.6 is 0 Å². The Morgan fingerprint density at radius 3 is 0.735 bits per heavy atom. The van der Waals surface area contributed by atoms with Crippen molar-refractivity contribution in [3.63, 3.8) is 0 Å². The van der Waals surface area contributed by atoms with E-state index in [4.69, 9.17) is 14.2 Å². The third-order valence-electron chi connectivity index (χ3n) is 15.3. The van der Waals surface area contributed by atoms with Gasteiger partial charge in [-0.3, -0.25) is 14.4 Å². The van der Waals surface area contributed by atoms with E-state index in [-0.39, 0.29) is 31.1 Å². The fraction of sp³-hybridized carbons (Fsp3) is 0.727. The number of ether oxygens (including phenoxy) is 3. The number of rotatable bonds is 64. The number of allylic oxidation sites excluding steroid dienone is 18. The van der Waals surface area contributed by atoms with Crippen LogP contribution in [0.4, 0.5) is 0 Å². The van der Waals surface area contributed by atoms with Gasteiger partial charge >= 0.3 is 17.9 Å². The Morgan fingerprint density at radius 2 is 0.470 bits per heavy atom. The lowest BCUT2D eigenvalue weighted by molar-refractivity contribution is -0.167. The van der Waals surface area contributed by atoms with Crippen molar-refractivity contribution in [3.8, 4) is 0 Å². The molecule has 0 aliphatic rings. The van der Waals surface area contributed by atoms with E-state index >= 15 is 0 Å². The average Bonchev–Trinajstić information content (AvgIpc) is 3.49. The standard InChI is InChI=1S/C77H132O6/c1-4-7-10-13-16-19-22-25-28-31-33-35-37-38-40-41-43-46-49-52-55-58-61-64-67-70-76(79)82-73-74(72-81-75(78)69-66-63-60-57-54-51-48-45-30-27-24-21-18-15-12-9-6-3)83-77(80)71-68-65-62-59-56-53-50-47-44-42-39-36-34-32-29-26-23-20-17-14-11-8-5-2/h8-9,11-12,17-18,20-21,26-27,29-30,34,36,42,44,50,53,74H,4-7,10,13-16,19,22-25,28,31-33,35,37-41,43,45-49,51-52,54-73H2,1-3H3/b11-8-,12-9-,20-17-,21-18-,29-26-,30-27-,36-34-,44-42-,53-50-. The molecule has 0 heterocycles.